The number of carbonyl (C=O) groups excluding carboxylic acids is 4. The molecule has 24 heteroatoms. The lowest BCUT2D eigenvalue weighted by Gasteiger charge is -2.44. The molecular weight excluding hydrogens is 1530 g/mol. The van der Waals surface area contributed by atoms with Crippen LogP contribution in [0.25, 0.3) is 0 Å². The highest BCUT2D eigenvalue weighted by Crippen LogP contribution is 2.48. The third-order valence-corrected chi connectivity index (χ3v) is 26.5. The first kappa shape index (κ1) is 111. The number of aliphatic carboxylic acids is 2. The molecule has 0 aromatic carbocycles. The fraction of sp³-hybridized carbons (Fsp3) is 0.937. The van der Waals surface area contributed by atoms with Crippen molar-refractivity contribution < 1.29 is 117 Å². The van der Waals surface area contributed by atoms with Gasteiger partial charge in [-0.15, -0.1) is 0 Å². The predicted molar refractivity (Wildman–Crippen MR) is 463 cm³/mol. The van der Waals surface area contributed by atoms with Gasteiger partial charge < -0.3 is 88.6 Å². The Kier molecular flexibility index (Phi) is 54.0. The van der Waals surface area contributed by atoms with E-state index in [2.05, 4.69) is 145 Å². The van der Waals surface area contributed by atoms with Gasteiger partial charge in [-0.2, -0.15) is 0 Å². The van der Waals surface area contributed by atoms with Crippen LogP contribution in [-0.4, -0.2) is 201 Å². The maximum absolute atomic E-state index is 11.8. The second-order valence-corrected chi connectivity index (χ2v) is 40.3. The van der Waals surface area contributed by atoms with Crippen molar-refractivity contribution in [1.82, 2.24) is 0 Å². The van der Waals surface area contributed by atoms with E-state index in [1.807, 2.05) is 0 Å². The van der Waals surface area contributed by atoms with Crippen molar-refractivity contribution in [1.29, 1.82) is 0 Å². The monoisotopic (exact) mass is 1700 g/mol. The molecule has 1 heterocycles. The number of aliphatic hydroxyl groups excluding tert-OH is 6. The van der Waals surface area contributed by atoms with Crippen molar-refractivity contribution in [3.8, 4) is 0 Å². The SMILES string of the molecule is CC(C)[C@@H]1CC[C@@H](C)C[C@@]12OCC(CO)O2.CC(C)[C@@H]1CC[C@@H](C)C[C@H]1OC(=O)CCC(=O)O.CC(C)[C@@H]1CC[C@@H](C)C[C@H]1OC(=O)CCCC(=O)O.CC(C)[C@@H]1CC[C@@H](C)C[C@H]1OC(=O)OCCO.CC(C)[C@@H]1CC[C@@H](C)C[C@H]1OC(=O)[C@@H](C)O.CC(C)[C@@H]1CC[C@@H](C)C[C@H]1OCC(C)(O)CO.CC(C)[C@@H]1CC[C@@H](C)C[C@H]1OCC(O)CO. The van der Waals surface area contributed by atoms with Crippen molar-refractivity contribution in [2.24, 2.45) is 124 Å². The minimum absolute atomic E-state index is 0.00739. The molecule has 0 amide bonds. The smallest absolute Gasteiger partial charge is 0.481 e. The predicted octanol–water partition coefficient (Wildman–Crippen LogP) is 17.3. The van der Waals surface area contributed by atoms with Crippen molar-refractivity contribution in [3.63, 3.8) is 0 Å². The first-order valence-electron chi connectivity index (χ1n) is 46.7. The summed E-state index contributed by atoms with van der Waals surface area (Å²) in [6.45, 7) is 49.8. The summed E-state index contributed by atoms with van der Waals surface area (Å²) < 4.78 is 50.2. The summed E-state index contributed by atoms with van der Waals surface area (Å²) in [5, 5.41) is 80.8. The normalized spacial score (nSPS) is 32.4. The Labute approximate surface area is 719 Å². The maximum atomic E-state index is 11.8. The molecule has 0 bridgehead atoms. The Balaban J connectivity index is 0.000000471. The number of rotatable bonds is 30. The van der Waals surface area contributed by atoms with Crippen LogP contribution in [0.1, 0.15) is 326 Å². The van der Waals surface area contributed by atoms with Crippen LogP contribution >= 0.6 is 0 Å². The molecule has 7 saturated carbocycles. The van der Waals surface area contributed by atoms with Crippen LogP contribution in [0, 0.1) is 124 Å². The summed E-state index contributed by atoms with van der Waals surface area (Å²) >= 11 is 0. The number of hydrogen-bond donors (Lipinski definition) is 9. The highest BCUT2D eigenvalue weighted by Gasteiger charge is 2.52. The number of carboxylic acid groups (broad SMARTS) is 2. The molecule has 0 aromatic heterocycles. The average molecular weight is 1700 g/mol. The van der Waals surface area contributed by atoms with Crippen molar-refractivity contribution in [2.45, 2.75) is 393 Å². The lowest BCUT2D eigenvalue weighted by atomic mass is 9.73. The minimum atomic E-state index is -1.11. The van der Waals surface area contributed by atoms with Gasteiger partial charge in [0, 0.05) is 25.2 Å². The van der Waals surface area contributed by atoms with Gasteiger partial charge in [-0.25, -0.2) is 9.59 Å². The maximum Gasteiger partial charge on any atom is 0.508 e. The molecule has 25 atom stereocenters. The van der Waals surface area contributed by atoms with Crippen LogP contribution in [0.4, 0.5) is 4.79 Å². The van der Waals surface area contributed by atoms with Gasteiger partial charge in [0.25, 0.3) is 0 Å². The number of esters is 3. The van der Waals surface area contributed by atoms with Crippen LogP contribution in [0.5, 0.6) is 0 Å². The number of carbonyl (C=O) groups is 6. The van der Waals surface area contributed by atoms with E-state index in [-0.39, 0.29) is 127 Å². The van der Waals surface area contributed by atoms with E-state index in [0.29, 0.717) is 137 Å². The Hall–Kier alpha value is -3.82. The van der Waals surface area contributed by atoms with Crippen molar-refractivity contribution >= 4 is 36.0 Å². The molecule has 0 radical (unpaired) electrons. The van der Waals surface area contributed by atoms with Crippen LogP contribution in [0.2, 0.25) is 0 Å². The fourth-order valence-electron chi connectivity index (χ4n) is 19.1. The largest absolute Gasteiger partial charge is 0.508 e. The molecule has 9 N–H and O–H groups in total. The molecule has 119 heavy (non-hydrogen) atoms. The Bertz CT molecular complexity index is 2760. The quantitative estimate of drug-likeness (QED) is 0.0238. The van der Waals surface area contributed by atoms with Gasteiger partial charge >= 0.3 is 36.0 Å². The third kappa shape index (κ3) is 43.3. The van der Waals surface area contributed by atoms with Gasteiger partial charge in [0.05, 0.1) is 71.3 Å². The zero-order chi connectivity index (χ0) is 90.2. The zero-order valence-corrected chi connectivity index (χ0v) is 78.5. The highest BCUT2D eigenvalue weighted by atomic mass is 16.8. The Morgan fingerprint density at radius 2 is 0.798 bits per heavy atom. The van der Waals surface area contributed by atoms with E-state index in [1.54, 1.807) is 6.92 Å². The molecule has 0 aromatic rings. The Morgan fingerprint density at radius 1 is 0.437 bits per heavy atom. The lowest BCUT2D eigenvalue weighted by molar-refractivity contribution is -0.240. The topological polar surface area (TPSA) is 368 Å². The molecule has 8 rings (SSSR count). The summed E-state index contributed by atoms with van der Waals surface area (Å²) in [5.74, 6) is 8.40. The average Bonchev–Trinajstić information content (AvgIpc) is 1.66. The molecule has 24 nitrogen and oxygen atoms in total. The Morgan fingerprint density at radius 3 is 1.14 bits per heavy atom. The van der Waals surface area contributed by atoms with Crippen LogP contribution in [0.15, 0.2) is 0 Å². The van der Waals surface area contributed by atoms with Gasteiger partial charge in [-0.1, -0.05) is 190 Å². The lowest BCUT2D eigenvalue weighted by Crippen LogP contribution is -2.47. The molecule has 3 unspecified atom stereocenters. The van der Waals surface area contributed by atoms with E-state index >= 15 is 0 Å². The number of carboxylic acids is 2. The number of ether oxygens (including phenoxy) is 9. The second kappa shape index (κ2) is 57.7. The molecule has 1 aliphatic heterocycles. The second-order valence-electron chi connectivity index (χ2n) is 40.3. The summed E-state index contributed by atoms with van der Waals surface area (Å²) in [5.41, 5.74) is -1.11. The molecule has 1 spiro atoms. The van der Waals surface area contributed by atoms with E-state index in [0.717, 1.165) is 70.6 Å². The molecular formula is C95H176O24. The molecule has 700 valence electrons. The summed E-state index contributed by atoms with van der Waals surface area (Å²) in [4.78, 5) is 67.0. The van der Waals surface area contributed by atoms with E-state index in [9.17, 15) is 39.0 Å². The first-order valence-corrected chi connectivity index (χ1v) is 46.7. The van der Waals surface area contributed by atoms with E-state index in [4.69, 9.17) is 78.4 Å². The van der Waals surface area contributed by atoms with Crippen LogP contribution in [0.3, 0.4) is 0 Å². The minimum Gasteiger partial charge on any atom is -0.481 e. The van der Waals surface area contributed by atoms with Crippen molar-refractivity contribution in [3.05, 3.63) is 0 Å². The summed E-state index contributed by atoms with van der Waals surface area (Å²) in [6, 6.07) is 0. The molecule has 8 fully saturated rings. The number of hydrogen-bond acceptors (Lipinski definition) is 22. The van der Waals surface area contributed by atoms with Gasteiger partial charge in [0.2, 0.25) is 0 Å². The van der Waals surface area contributed by atoms with Gasteiger partial charge in [0.1, 0.15) is 54.9 Å². The van der Waals surface area contributed by atoms with Crippen LogP contribution < -0.4 is 0 Å². The third-order valence-electron chi connectivity index (χ3n) is 26.5. The van der Waals surface area contributed by atoms with Crippen molar-refractivity contribution in [2.75, 3.05) is 52.9 Å². The molecule has 7 aliphatic carbocycles. The van der Waals surface area contributed by atoms with Gasteiger partial charge in [-0.05, 0) is 222 Å². The standard InChI is InChI=1S/C15H26O4.C14H24O4.C14H28O3.C13H24O4.2C13H24O3.C13H26O3/c1-10(2)12-8-7-11(3)9-13(12)19-15(18)6-4-5-14(16)17;1-9(2)11-5-4-10(3)8-12(11)18-14(17)7-6-13(15)16;1-10(2)12-6-5-11(3)7-13(12)17-9-14(4,16)8-15;1-9(2)11-5-4-10(3)8-12(11)17-13(15)16-7-6-14;1-9(2)12-5-4-10(3)6-13(12)15-8-11(7-14)16-13;1-8(2)11-6-5-9(3)7-12(11)16-13(15)10(4)14;1-9(2)12-5-4-10(3)6-13(12)16-8-11(15)7-14/h10-13H,4-9H2,1-3H3,(H,16,17);9-12H,4-8H2,1-3H3,(H,15,16);10-13,15-16H,5-9H2,1-4H3;9-12,14H,4-8H2,1-3H3;9-12,14H,4-8H2,1-3H3;8-12,14H,5-7H2,1-4H3;9-15H,4-8H2,1-3H3/t11-,12+,13-;10-,11+,12-;11-,12+,13-,14?;10-,11+,12-;10-,11?,12+,13+;9-,10-,11+,12-;10-,11?,12+,13-/m1111111/s1. The zero-order valence-electron chi connectivity index (χ0n) is 78.5. The number of aliphatic hydroxyl groups is 7. The first-order chi connectivity index (χ1) is 55.7. The highest BCUT2D eigenvalue weighted by molar-refractivity contribution is 5.76. The van der Waals surface area contributed by atoms with Gasteiger partial charge in [0.15, 0.2) is 5.79 Å². The van der Waals surface area contributed by atoms with E-state index < -0.39 is 47.7 Å². The summed E-state index contributed by atoms with van der Waals surface area (Å²) in [6.07, 6.45) is 21.9. The fourth-order valence-corrected chi connectivity index (χ4v) is 19.1. The molecule has 8 aliphatic rings. The summed E-state index contributed by atoms with van der Waals surface area (Å²) in [7, 11) is 0. The molecule has 1 saturated heterocycles. The van der Waals surface area contributed by atoms with E-state index in [1.165, 1.54) is 71.1 Å². The van der Waals surface area contributed by atoms with Crippen LogP contribution in [-0.2, 0) is 66.6 Å². The van der Waals surface area contributed by atoms with Gasteiger partial charge in [-0.3, -0.25) is 19.2 Å².